The van der Waals surface area contributed by atoms with E-state index in [4.69, 9.17) is 10.5 Å². The Hall–Kier alpha value is -2.68. The van der Waals surface area contributed by atoms with Gasteiger partial charge in [-0.05, 0) is 42.2 Å². The topological polar surface area (TPSA) is 99.2 Å². The number of hydrogen-bond donors (Lipinski definition) is 2. The first-order chi connectivity index (χ1) is 14.3. The molecular formula is C22H26N4O3S. The highest BCUT2D eigenvalue weighted by molar-refractivity contribution is 7.89. The molecule has 8 heteroatoms. The number of aryl methyl sites for hydroxylation is 2. The second kappa shape index (κ2) is 8.22. The molecule has 0 saturated carbocycles. The lowest BCUT2D eigenvalue weighted by Gasteiger charge is -2.32. The molecule has 0 bridgehead atoms. The van der Waals surface area contributed by atoms with Gasteiger partial charge in [0.2, 0.25) is 0 Å². The van der Waals surface area contributed by atoms with Gasteiger partial charge in [-0.3, -0.25) is 4.68 Å². The summed E-state index contributed by atoms with van der Waals surface area (Å²) < 4.78 is 35.2. The highest BCUT2D eigenvalue weighted by Crippen LogP contribution is 2.36. The zero-order chi connectivity index (χ0) is 21.3. The molecule has 2 heterocycles. The third-order valence-electron chi connectivity index (χ3n) is 5.42. The minimum Gasteiger partial charge on any atom is -0.492 e. The van der Waals surface area contributed by atoms with Gasteiger partial charge in [0.25, 0.3) is 10.0 Å². The van der Waals surface area contributed by atoms with Crippen LogP contribution in [0.1, 0.15) is 28.3 Å². The molecule has 3 N–H and O–H groups in total. The fourth-order valence-corrected chi connectivity index (χ4v) is 5.10. The number of nitrogens with zero attached hydrogens (tertiary/aromatic N) is 2. The van der Waals surface area contributed by atoms with Crippen molar-refractivity contribution in [3.8, 4) is 5.75 Å². The molecule has 2 atom stereocenters. The molecule has 2 aromatic carbocycles. The number of rotatable bonds is 6. The first-order valence-electron chi connectivity index (χ1n) is 9.89. The van der Waals surface area contributed by atoms with E-state index < -0.39 is 10.0 Å². The molecule has 0 amide bonds. The van der Waals surface area contributed by atoms with Crippen molar-refractivity contribution < 1.29 is 13.2 Å². The van der Waals surface area contributed by atoms with Crippen molar-refractivity contribution in [1.29, 1.82) is 0 Å². The van der Waals surface area contributed by atoms with Gasteiger partial charge < -0.3 is 10.5 Å². The summed E-state index contributed by atoms with van der Waals surface area (Å²) in [6, 6.07) is 17.4. The molecule has 1 aliphatic heterocycles. The second-order valence-corrected chi connectivity index (χ2v) is 9.43. The molecular weight excluding hydrogens is 400 g/mol. The Bertz CT molecular complexity index is 1140. The maximum atomic E-state index is 12.7. The number of hydrogen-bond acceptors (Lipinski definition) is 5. The van der Waals surface area contributed by atoms with E-state index in [1.54, 1.807) is 20.0 Å². The molecule has 0 spiro atoms. The van der Waals surface area contributed by atoms with Gasteiger partial charge in [-0.2, -0.15) is 5.10 Å². The van der Waals surface area contributed by atoms with Gasteiger partial charge in [0.05, 0.1) is 5.69 Å². The van der Waals surface area contributed by atoms with Crippen molar-refractivity contribution in [2.75, 3.05) is 6.61 Å². The van der Waals surface area contributed by atoms with E-state index in [0.29, 0.717) is 12.3 Å². The molecule has 7 nitrogen and oxygen atoms in total. The quantitative estimate of drug-likeness (QED) is 0.630. The van der Waals surface area contributed by atoms with Crippen molar-refractivity contribution in [1.82, 2.24) is 14.5 Å². The summed E-state index contributed by atoms with van der Waals surface area (Å²) in [5, 5.41) is 4.26. The molecule has 1 aliphatic rings. The summed E-state index contributed by atoms with van der Waals surface area (Å²) in [5.41, 5.74) is 10.1. The molecule has 3 aromatic rings. The van der Waals surface area contributed by atoms with E-state index in [0.717, 1.165) is 23.3 Å². The Kier molecular flexibility index (Phi) is 5.64. The molecule has 0 fully saturated rings. The predicted molar refractivity (Wildman–Crippen MR) is 115 cm³/mol. The van der Waals surface area contributed by atoms with Crippen LogP contribution in [-0.4, -0.2) is 30.8 Å². The summed E-state index contributed by atoms with van der Waals surface area (Å²) in [4.78, 5) is 0. The lowest BCUT2D eigenvalue weighted by Crippen LogP contribution is -2.39. The summed E-state index contributed by atoms with van der Waals surface area (Å²) in [7, 11) is -2.05. The third kappa shape index (κ3) is 4.26. The van der Waals surface area contributed by atoms with Crippen LogP contribution >= 0.6 is 0 Å². The van der Waals surface area contributed by atoms with Crippen LogP contribution in [0.4, 0.5) is 0 Å². The lowest BCUT2D eigenvalue weighted by atomic mass is 9.84. The number of nitrogens with two attached hydrogens (primary N) is 1. The van der Waals surface area contributed by atoms with Crippen molar-refractivity contribution >= 4 is 10.0 Å². The van der Waals surface area contributed by atoms with Crippen molar-refractivity contribution in [3.63, 3.8) is 0 Å². The number of benzene rings is 2. The molecule has 0 saturated heterocycles. The average molecular weight is 427 g/mol. The SMILES string of the molecule is Cc1cc(S(=O)(=O)NCc2ccc3c(c2)C(Cc2ccccc2)C(N)CO3)n(C)n1. The Morgan fingerprint density at radius 1 is 1.17 bits per heavy atom. The summed E-state index contributed by atoms with van der Waals surface area (Å²) >= 11 is 0. The summed E-state index contributed by atoms with van der Waals surface area (Å²) in [5.74, 6) is 0.916. The first kappa shape index (κ1) is 20.6. The normalized spacial score (nSPS) is 18.6. The Morgan fingerprint density at radius 2 is 1.93 bits per heavy atom. The second-order valence-electron chi connectivity index (χ2n) is 7.72. The zero-order valence-electron chi connectivity index (χ0n) is 17.1. The molecule has 0 radical (unpaired) electrons. The van der Waals surface area contributed by atoms with Crippen LogP contribution in [-0.2, 0) is 30.0 Å². The number of sulfonamides is 1. The van der Waals surface area contributed by atoms with Gasteiger partial charge in [-0.25, -0.2) is 13.1 Å². The lowest BCUT2D eigenvalue weighted by molar-refractivity contribution is 0.238. The van der Waals surface area contributed by atoms with Crippen molar-refractivity contribution in [3.05, 3.63) is 77.0 Å². The van der Waals surface area contributed by atoms with Gasteiger partial charge in [0.15, 0.2) is 5.03 Å². The highest BCUT2D eigenvalue weighted by Gasteiger charge is 2.29. The van der Waals surface area contributed by atoms with E-state index in [-0.39, 0.29) is 23.5 Å². The van der Waals surface area contributed by atoms with Crippen LogP contribution in [0, 0.1) is 6.92 Å². The van der Waals surface area contributed by atoms with Gasteiger partial charge in [0.1, 0.15) is 12.4 Å². The van der Waals surface area contributed by atoms with E-state index >= 15 is 0 Å². The molecule has 2 unspecified atom stereocenters. The van der Waals surface area contributed by atoms with Crippen LogP contribution in [0.5, 0.6) is 5.75 Å². The van der Waals surface area contributed by atoms with Gasteiger partial charge >= 0.3 is 0 Å². The smallest absolute Gasteiger partial charge is 0.258 e. The summed E-state index contributed by atoms with van der Waals surface area (Å²) in [6.45, 7) is 2.40. The first-order valence-corrected chi connectivity index (χ1v) is 11.4. The molecule has 158 valence electrons. The van der Waals surface area contributed by atoms with E-state index in [2.05, 4.69) is 22.0 Å². The number of ether oxygens (including phenoxy) is 1. The third-order valence-corrected chi connectivity index (χ3v) is 6.88. The van der Waals surface area contributed by atoms with Crippen LogP contribution in [0.25, 0.3) is 0 Å². The van der Waals surface area contributed by atoms with Gasteiger partial charge in [-0.15, -0.1) is 0 Å². The van der Waals surface area contributed by atoms with E-state index in [1.165, 1.54) is 10.2 Å². The molecule has 4 rings (SSSR count). The van der Waals surface area contributed by atoms with Crippen LogP contribution < -0.4 is 15.2 Å². The average Bonchev–Trinajstić information content (AvgIpc) is 3.08. The fraction of sp³-hybridized carbons (Fsp3) is 0.318. The minimum atomic E-state index is -3.67. The van der Waals surface area contributed by atoms with Gasteiger partial charge in [-0.1, -0.05) is 42.5 Å². The fourth-order valence-electron chi connectivity index (χ4n) is 3.88. The zero-order valence-corrected chi connectivity index (χ0v) is 17.9. The van der Waals surface area contributed by atoms with Crippen LogP contribution in [0.2, 0.25) is 0 Å². The largest absolute Gasteiger partial charge is 0.492 e. The summed E-state index contributed by atoms with van der Waals surface area (Å²) in [6.07, 6.45) is 0.807. The van der Waals surface area contributed by atoms with E-state index in [9.17, 15) is 8.42 Å². The monoisotopic (exact) mass is 426 g/mol. The van der Waals surface area contributed by atoms with Crippen molar-refractivity contribution in [2.45, 2.75) is 36.9 Å². The predicted octanol–water partition coefficient (Wildman–Crippen LogP) is 2.25. The molecule has 0 aliphatic carbocycles. The number of nitrogens with one attached hydrogen (secondary N) is 1. The Morgan fingerprint density at radius 3 is 2.63 bits per heavy atom. The Labute approximate surface area is 176 Å². The maximum absolute atomic E-state index is 12.7. The Balaban J connectivity index is 1.56. The van der Waals surface area contributed by atoms with E-state index in [1.807, 2.05) is 36.4 Å². The van der Waals surface area contributed by atoms with Gasteiger partial charge in [0, 0.05) is 25.6 Å². The molecule has 30 heavy (non-hydrogen) atoms. The number of aromatic nitrogens is 2. The van der Waals surface area contributed by atoms with Crippen molar-refractivity contribution in [2.24, 2.45) is 12.8 Å². The molecule has 1 aromatic heterocycles. The maximum Gasteiger partial charge on any atom is 0.258 e. The number of fused-ring (bicyclic) bond motifs is 1. The van der Waals surface area contributed by atoms with Crippen LogP contribution in [0.3, 0.4) is 0 Å². The standard InChI is InChI=1S/C22H26N4O3S/c1-15-10-22(26(2)25-15)30(27,28)24-13-17-8-9-21-19(12-17)18(20(23)14-29-21)11-16-6-4-3-5-7-16/h3-10,12,18,20,24H,11,13-14,23H2,1-2H3. The minimum absolute atomic E-state index is 0.104. The highest BCUT2D eigenvalue weighted by atomic mass is 32.2. The van der Waals surface area contributed by atoms with Crippen LogP contribution in [0.15, 0.2) is 59.6 Å².